The summed E-state index contributed by atoms with van der Waals surface area (Å²) in [7, 11) is 1.94. The van der Waals surface area contributed by atoms with Gasteiger partial charge in [0.25, 0.3) is 0 Å². The number of aryl methyl sites for hydroxylation is 1. The Bertz CT molecular complexity index is 348. The molecule has 96 valence electrons. The summed E-state index contributed by atoms with van der Waals surface area (Å²) in [4.78, 5) is 15.8. The van der Waals surface area contributed by atoms with Crippen LogP contribution in [-0.2, 0) is 18.3 Å². The molecule has 5 nitrogen and oxygen atoms in total. The molecule has 0 aliphatic heterocycles. The lowest BCUT2D eigenvalue weighted by molar-refractivity contribution is -0.122. The van der Waals surface area contributed by atoms with Crippen LogP contribution in [0, 0.1) is 0 Å². The third kappa shape index (κ3) is 4.56. The van der Waals surface area contributed by atoms with E-state index in [4.69, 9.17) is 5.73 Å². The van der Waals surface area contributed by atoms with Gasteiger partial charge in [0.1, 0.15) is 5.82 Å². The molecule has 1 amide bonds. The quantitative estimate of drug-likeness (QED) is 0.730. The van der Waals surface area contributed by atoms with E-state index in [0.717, 1.165) is 31.5 Å². The fourth-order valence-electron chi connectivity index (χ4n) is 1.62. The number of carbonyl (C=O) groups excluding carboxylic acids is 1. The zero-order valence-electron chi connectivity index (χ0n) is 10.6. The molecule has 0 fully saturated rings. The number of nitrogens with two attached hydrogens (primary N) is 1. The minimum atomic E-state index is -0.378. The monoisotopic (exact) mass is 238 g/mol. The first-order chi connectivity index (χ1) is 8.15. The van der Waals surface area contributed by atoms with Crippen LogP contribution in [0.4, 0.5) is 0 Å². The van der Waals surface area contributed by atoms with Crippen LogP contribution >= 0.6 is 0 Å². The normalized spacial score (nSPS) is 12.4. The maximum atomic E-state index is 11.6. The lowest BCUT2D eigenvalue weighted by Gasteiger charge is -2.11. The van der Waals surface area contributed by atoms with E-state index in [0.29, 0.717) is 6.54 Å². The number of amides is 1. The van der Waals surface area contributed by atoms with Crippen LogP contribution in [0.5, 0.6) is 0 Å². The van der Waals surface area contributed by atoms with Crippen molar-refractivity contribution in [3.8, 4) is 0 Å². The van der Waals surface area contributed by atoms with Crippen molar-refractivity contribution < 1.29 is 4.79 Å². The zero-order chi connectivity index (χ0) is 12.7. The third-order valence-electron chi connectivity index (χ3n) is 2.77. The van der Waals surface area contributed by atoms with E-state index in [1.807, 2.05) is 17.8 Å². The van der Waals surface area contributed by atoms with E-state index in [1.54, 1.807) is 6.20 Å². The minimum absolute atomic E-state index is 0.0624. The molecule has 1 atom stereocenters. The summed E-state index contributed by atoms with van der Waals surface area (Å²) in [5.41, 5.74) is 5.76. The number of carbonyl (C=O) groups is 1. The van der Waals surface area contributed by atoms with Crippen molar-refractivity contribution in [2.75, 3.05) is 6.54 Å². The van der Waals surface area contributed by atoms with Crippen LogP contribution in [0.2, 0.25) is 0 Å². The summed E-state index contributed by atoms with van der Waals surface area (Å²) in [6, 6.07) is -0.378. The second-order valence-corrected chi connectivity index (χ2v) is 4.24. The van der Waals surface area contributed by atoms with Crippen LogP contribution in [0.25, 0.3) is 0 Å². The highest BCUT2D eigenvalue weighted by atomic mass is 16.2. The first-order valence-corrected chi connectivity index (χ1v) is 6.14. The molecule has 1 heterocycles. The van der Waals surface area contributed by atoms with Crippen LogP contribution in [0.15, 0.2) is 12.4 Å². The third-order valence-corrected chi connectivity index (χ3v) is 2.77. The summed E-state index contributed by atoms with van der Waals surface area (Å²) in [5.74, 6) is 0.903. The van der Waals surface area contributed by atoms with Gasteiger partial charge < -0.3 is 15.6 Å². The van der Waals surface area contributed by atoms with Gasteiger partial charge in [-0.1, -0.05) is 19.8 Å². The predicted molar refractivity (Wildman–Crippen MR) is 67.4 cm³/mol. The maximum absolute atomic E-state index is 11.6. The molecule has 17 heavy (non-hydrogen) atoms. The number of imidazole rings is 1. The predicted octanol–water partition coefficient (Wildman–Crippen LogP) is 0.596. The molecule has 0 aliphatic rings. The van der Waals surface area contributed by atoms with Crippen LogP contribution < -0.4 is 11.1 Å². The number of rotatable bonds is 7. The molecule has 0 aromatic carbocycles. The number of unbranched alkanes of at least 4 members (excludes halogenated alkanes) is 1. The standard InChI is InChI=1S/C12H22N4O/c1-3-4-5-10(13)12(17)15-7-6-11-14-8-9-16(11)2/h8-10H,3-7,13H2,1-2H3,(H,15,17). The van der Waals surface area contributed by atoms with E-state index in [-0.39, 0.29) is 11.9 Å². The van der Waals surface area contributed by atoms with E-state index >= 15 is 0 Å². The largest absolute Gasteiger partial charge is 0.354 e. The van der Waals surface area contributed by atoms with Gasteiger partial charge in [-0.15, -0.1) is 0 Å². The number of nitrogens with zero attached hydrogens (tertiary/aromatic N) is 2. The summed E-state index contributed by atoms with van der Waals surface area (Å²) in [6.07, 6.45) is 7.19. The second-order valence-electron chi connectivity index (χ2n) is 4.24. The Morgan fingerprint density at radius 1 is 1.65 bits per heavy atom. The molecule has 1 aromatic rings. The molecule has 0 saturated carbocycles. The van der Waals surface area contributed by atoms with E-state index < -0.39 is 0 Å². The molecule has 0 saturated heterocycles. The van der Waals surface area contributed by atoms with Crippen LogP contribution in [-0.4, -0.2) is 28.0 Å². The van der Waals surface area contributed by atoms with E-state index in [9.17, 15) is 4.79 Å². The molecule has 0 aliphatic carbocycles. The zero-order valence-corrected chi connectivity index (χ0v) is 10.6. The van der Waals surface area contributed by atoms with Crippen molar-refractivity contribution in [1.82, 2.24) is 14.9 Å². The maximum Gasteiger partial charge on any atom is 0.236 e. The lowest BCUT2D eigenvalue weighted by Crippen LogP contribution is -2.41. The van der Waals surface area contributed by atoms with Gasteiger partial charge in [0, 0.05) is 32.4 Å². The van der Waals surface area contributed by atoms with Crippen LogP contribution in [0.1, 0.15) is 32.0 Å². The Morgan fingerprint density at radius 3 is 3.00 bits per heavy atom. The van der Waals surface area contributed by atoms with Gasteiger partial charge in [-0.25, -0.2) is 4.98 Å². The first-order valence-electron chi connectivity index (χ1n) is 6.14. The highest BCUT2D eigenvalue weighted by Gasteiger charge is 2.11. The summed E-state index contributed by atoms with van der Waals surface area (Å²) >= 11 is 0. The Balaban J connectivity index is 2.22. The van der Waals surface area contributed by atoms with Crippen molar-refractivity contribution in [2.24, 2.45) is 12.8 Å². The van der Waals surface area contributed by atoms with E-state index in [2.05, 4.69) is 17.2 Å². The fraction of sp³-hybridized carbons (Fsp3) is 0.667. The molecule has 0 spiro atoms. The van der Waals surface area contributed by atoms with Crippen molar-refractivity contribution >= 4 is 5.91 Å². The van der Waals surface area contributed by atoms with Gasteiger partial charge >= 0.3 is 0 Å². The average molecular weight is 238 g/mol. The van der Waals surface area contributed by atoms with Gasteiger partial charge in [-0.05, 0) is 6.42 Å². The number of hydrogen-bond acceptors (Lipinski definition) is 3. The van der Waals surface area contributed by atoms with Gasteiger partial charge in [-0.2, -0.15) is 0 Å². The number of aromatic nitrogens is 2. The van der Waals surface area contributed by atoms with Crippen LogP contribution in [0.3, 0.4) is 0 Å². The smallest absolute Gasteiger partial charge is 0.236 e. The minimum Gasteiger partial charge on any atom is -0.354 e. The summed E-state index contributed by atoms with van der Waals surface area (Å²) in [5, 5.41) is 2.84. The molecule has 0 bridgehead atoms. The highest BCUT2D eigenvalue weighted by Crippen LogP contribution is 1.98. The topological polar surface area (TPSA) is 72.9 Å². The van der Waals surface area contributed by atoms with Gasteiger partial charge in [0.15, 0.2) is 0 Å². The Morgan fingerprint density at radius 2 is 2.41 bits per heavy atom. The molecule has 1 unspecified atom stereocenters. The molecule has 0 radical (unpaired) electrons. The molecule has 5 heteroatoms. The molecule has 3 N–H and O–H groups in total. The van der Waals surface area contributed by atoms with Gasteiger partial charge in [0.2, 0.25) is 5.91 Å². The molecular formula is C12H22N4O. The molecule has 1 aromatic heterocycles. The number of hydrogen-bond donors (Lipinski definition) is 2. The van der Waals surface area contributed by atoms with Crippen molar-refractivity contribution in [2.45, 2.75) is 38.6 Å². The second kappa shape index (κ2) is 7.06. The SMILES string of the molecule is CCCCC(N)C(=O)NCCc1nccn1C. The Labute approximate surface area is 102 Å². The molecular weight excluding hydrogens is 216 g/mol. The highest BCUT2D eigenvalue weighted by molar-refractivity contribution is 5.81. The van der Waals surface area contributed by atoms with E-state index in [1.165, 1.54) is 0 Å². The lowest BCUT2D eigenvalue weighted by atomic mass is 10.1. The Kier molecular flexibility index (Phi) is 5.69. The molecule has 1 rings (SSSR count). The number of nitrogens with one attached hydrogen (secondary N) is 1. The van der Waals surface area contributed by atoms with Crippen molar-refractivity contribution in [3.05, 3.63) is 18.2 Å². The van der Waals surface area contributed by atoms with Crippen molar-refractivity contribution in [3.63, 3.8) is 0 Å². The fourth-order valence-corrected chi connectivity index (χ4v) is 1.62. The first kappa shape index (κ1) is 13.7. The Hall–Kier alpha value is -1.36. The average Bonchev–Trinajstić information content (AvgIpc) is 2.72. The summed E-state index contributed by atoms with van der Waals surface area (Å²) < 4.78 is 1.95. The van der Waals surface area contributed by atoms with Gasteiger partial charge in [-0.3, -0.25) is 4.79 Å². The summed E-state index contributed by atoms with van der Waals surface area (Å²) in [6.45, 7) is 2.68. The van der Waals surface area contributed by atoms with Crippen molar-refractivity contribution in [1.29, 1.82) is 0 Å². The van der Waals surface area contributed by atoms with Gasteiger partial charge in [0.05, 0.1) is 6.04 Å².